The third-order valence-corrected chi connectivity index (χ3v) is 3.00. The van der Waals surface area contributed by atoms with Gasteiger partial charge in [0.25, 0.3) is 0 Å². The van der Waals surface area contributed by atoms with Crippen LogP contribution in [-0.2, 0) is 4.74 Å². The molecular weight excluding hydrogens is 194 g/mol. The van der Waals surface area contributed by atoms with Crippen molar-refractivity contribution in [3.8, 4) is 0 Å². The third-order valence-electron chi connectivity index (χ3n) is 3.00. The molecular formula is C11H23NO3. The maximum absolute atomic E-state index is 10.1. The first-order valence-corrected chi connectivity index (χ1v) is 5.61. The zero-order valence-corrected chi connectivity index (χ0v) is 9.92. The average molecular weight is 217 g/mol. The molecule has 4 heteroatoms. The lowest BCUT2D eigenvalue weighted by Crippen LogP contribution is -2.46. The van der Waals surface area contributed by atoms with E-state index in [1.165, 1.54) is 0 Å². The normalized spacial score (nSPS) is 32.2. The number of aliphatic hydroxyl groups is 2. The maximum Gasteiger partial charge on any atom is 0.105 e. The Hall–Kier alpha value is -0.160. The highest BCUT2D eigenvalue weighted by molar-refractivity contribution is 4.91. The average Bonchev–Trinajstić information content (AvgIpc) is 2.41. The molecule has 1 heterocycles. The molecule has 3 N–H and O–H groups in total. The van der Waals surface area contributed by atoms with Crippen LogP contribution in [0.1, 0.15) is 33.6 Å². The largest absolute Gasteiger partial charge is 0.390 e. The van der Waals surface area contributed by atoms with Gasteiger partial charge < -0.3 is 20.3 Å². The Morgan fingerprint density at radius 1 is 1.53 bits per heavy atom. The van der Waals surface area contributed by atoms with E-state index < -0.39 is 11.2 Å². The minimum atomic E-state index is -0.737. The zero-order chi connectivity index (χ0) is 11.5. The molecule has 1 fully saturated rings. The molecule has 0 amide bonds. The topological polar surface area (TPSA) is 61.7 Å². The highest BCUT2D eigenvalue weighted by atomic mass is 16.5. The van der Waals surface area contributed by atoms with E-state index in [1.54, 1.807) is 13.8 Å². The second kappa shape index (κ2) is 4.78. The van der Waals surface area contributed by atoms with Crippen LogP contribution in [0.15, 0.2) is 0 Å². The van der Waals surface area contributed by atoms with Crippen LogP contribution < -0.4 is 5.32 Å². The number of nitrogens with one attached hydrogen (secondary N) is 1. The molecule has 0 aliphatic carbocycles. The van der Waals surface area contributed by atoms with Gasteiger partial charge in [0.15, 0.2) is 0 Å². The van der Waals surface area contributed by atoms with Crippen LogP contribution in [0.4, 0.5) is 0 Å². The van der Waals surface area contributed by atoms with Crippen molar-refractivity contribution in [2.45, 2.75) is 50.9 Å². The van der Waals surface area contributed by atoms with Gasteiger partial charge >= 0.3 is 0 Å². The Balaban J connectivity index is 2.20. The lowest BCUT2D eigenvalue weighted by molar-refractivity contribution is -0.0270. The SMILES string of the molecule is CC1OCCC1(O)CNCCC(C)(C)O. The number of rotatable bonds is 5. The van der Waals surface area contributed by atoms with Crippen LogP contribution in [-0.4, -0.2) is 47.2 Å². The molecule has 1 aliphatic rings. The Morgan fingerprint density at radius 3 is 2.67 bits per heavy atom. The fourth-order valence-electron chi connectivity index (χ4n) is 1.70. The zero-order valence-electron chi connectivity index (χ0n) is 9.92. The van der Waals surface area contributed by atoms with Crippen molar-refractivity contribution < 1.29 is 14.9 Å². The summed E-state index contributed by atoms with van der Waals surface area (Å²) in [5.74, 6) is 0. The van der Waals surface area contributed by atoms with Crippen molar-refractivity contribution in [2.75, 3.05) is 19.7 Å². The summed E-state index contributed by atoms with van der Waals surface area (Å²) in [6.45, 7) is 7.33. The maximum atomic E-state index is 10.1. The van der Waals surface area contributed by atoms with Gasteiger partial charge in [0, 0.05) is 19.6 Å². The van der Waals surface area contributed by atoms with Crippen LogP contribution in [0.3, 0.4) is 0 Å². The van der Waals surface area contributed by atoms with E-state index in [9.17, 15) is 10.2 Å². The van der Waals surface area contributed by atoms with Crippen molar-refractivity contribution in [3.63, 3.8) is 0 Å². The van der Waals surface area contributed by atoms with Gasteiger partial charge in [-0.1, -0.05) is 0 Å². The van der Waals surface area contributed by atoms with E-state index in [-0.39, 0.29) is 6.10 Å². The van der Waals surface area contributed by atoms with E-state index in [1.807, 2.05) is 6.92 Å². The fourth-order valence-corrected chi connectivity index (χ4v) is 1.70. The molecule has 0 aromatic rings. The Kier molecular flexibility index (Phi) is 4.12. The summed E-state index contributed by atoms with van der Waals surface area (Å²) in [5, 5.41) is 22.8. The summed E-state index contributed by atoms with van der Waals surface area (Å²) in [4.78, 5) is 0. The molecule has 1 saturated heterocycles. The number of hydrogen-bond donors (Lipinski definition) is 3. The smallest absolute Gasteiger partial charge is 0.105 e. The summed E-state index contributed by atoms with van der Waals surface area (Å²) in [6.07, 6.45) is 1.26. The van der Waals surface area contributed by atoms with Crippen LogP contribution in [0.25, 0.3) is 0 Å². The third kappa shape index (κ3) is 4.07. The molecule has 15 heavy (non-hydrogen) atoms. The van der Waals surface area contributed by atoms with E-state index in [0.717, 1.165) is 0 Å². The monoisotopic (exact) mass is 217 g/mol. The predicted octanol–water partition coefficient (Wildman–Crippen LogP) is 0.277. The number of hydrogen-bond acceptors (Lipinski definition) is 4. The van der Waals surface area contributed by atoms with Gasteiger partial charge in [0.1, 0.15) is 5.60 Å². The quantitative estimate of drug-likeness (QED) is 0.579. The van der Waals surface area contributed by atoms with Crippen LogP contribution >= 0.6 is 0 Å². The molecule has 0 bridgehead atoms. The molecule has 0 saturated carbocycles. The molecule has 2 atom stereocenters. The van der Waals surface area contributed by atoms with Gasteiger partial charge in [-0.2, -0.15) is 0 Å². The number of ether oxygens (including phenoxy) is 1. The second-order valence-corrected chi connectivity index (χ2v) is 5.11. The Morgan fingerprint density at radius 2 is 2.20 bits per heavy atom. The molecule has 1 aliphatic heterocycles. The van der Waals surface area contributed by atoms with E-state index in [2.05, 4.69) is 5.32 Å². The van der Waals surface area contributed by atoms with Crippen LogP contribution in [0, 0.1) is 0 Å². The molecule has 0 aromatic heterocycles. The Labute approximate surface area is 91.6 Å². The molecule has 0 radical (unpaired) electrons. The lowest BCUT2D eigenvalue weighted by atomic mass is 9.96. The highest BCUT2D eigenvalue weighted by Crippen LogP contribution is 2.24. The second-order valence-electron chi connectivity index (χ2n) is 5.11. The van der Waals surface area contributed by atoms with Crippen molar-refractivity contribution in [1.82, 2.24) is 5.32 Å². The fraction of sp³-hybridized carbons (Fsp3) is 1.00. The Bertz CT molecular complexity index is 202. The summed E-state index contributed by atoms with van der Waals surface area (Å²) < 4.78 is 5.33. The van der Waals surface area contributed by atoms with Crippen LogP contribution in [0.2, 0.25) is 0 Å². The first-order chi connectivity index (χ1) is 6.83. The highest BCUT2D eigenvalue weighted by Gasteiger charge is 2.38. The summed E-state index contributed by atoms with van der Waals surface area (Å²) in [5.41, 5.74) is -1.38. The predicted molar refractivity (Wildman–Crippen MR) is 58.8 cm³/mol. The first-order valence-electron chi connectivity index (χ1n) is 5.61. The minimum absolute atomic E-state index is 0.105. The summed E-state index contributed by atoms with van der Waals surface area (Å²) >= 11 is 0. The molecule has 90 valence electrons. The molecule has 4 nitrogen and oxygen atoms in total. The van der Waals surface area contributed by atoms with Gasteiger partial charge in [-0.15, -0.1) is 0 Å². The van der Waals surface area contributed by atoms with Crippen molar-refractivity contribution in [2.24, 2.45) is 0 Å². The molecule has 2 unspecified atom stereocenters. The lowest BCUT2D eigenvalue weighted by Gasteiger charge is -2.27. The summed E-state index contributed by atoms with van der Waals surface area (Å²) in [6, 6.07) is 0. The van der Waals surface area contributed by atoms with Crippen molar-refractivity contribution in [3.05, 3.63) is 0 Å². The van der Waals surface area contributed by atoms with Gasteiger partial charge in [-0.3, -0.25) is 0 Å². The minimum Gasteiger partial charge on any atom is -0.390 e. The van der Waals surface area contributed by atoms with E-state index in [0.29, 0.717) is 32.5 Å². The van der Waals surface area contributed by atoms with Crippen LogP contribution in [0.5, 0.6) is 0 Å². The van der Waals surface area contributed by atoms with Crippen molar-refractivity contribution >= 4 is 0 Å². The van der Waals surface area contributed by atoms with Crippen molar-refractivity contribution in [1.29, 1.82) is 0 Å². The molecule has 0 aromatic carbocycles. The summed E-state index contributed by atoms with van der Waals surface area (Å²) in [7, 11) is 0. The van der Waals surface area contributed by atoms with E-state index in [4.69, 9.17) is 4.74 Å². The van der Waals surface area contributed by atoms with Gasteiger partial charge in [-0.05, 0) is 33.7 Å². The van der Waals surface area contributed by atoms with Gasteiger partial charge in [0.05, 0.1) is 11.7 Å². The standard InChI is InChI=1S/C11H23NO3/c1-9-11(14,5-7-15-9)8-12-6-4-10(2,3)13/h9,12-14H,4-8H2,1-3H3. The molecule has 1 rings (SSSR count). The first kappa shape index (κ1) is 12.9. The van der Waals surface area contributed by atoms with Gasteiger partial charge in [0.2, 0.25) is 0 Å². The molecule has 0 spiro atoms. The van der Waals surface area contributed by atoms with Gasteiger partial charge in [-0.25, -0.2) is 0 Å². The van der Waals surface area contributed by atoms with E-state index >= 15 is 0 Å².